The number of thioether (sulfide) groups is 1. The zero-order chi connectivity index (χ0) is 41.2. The molecule has 2 aromatic rings. The number of hydrogen-bond acceptors (Lipinski definition) is 19. The number of rotatable bonds is 23. The Balaban J connectivity index is 1.49. The van der Waals surface area contributed by atoms with Crippen LogP contribution in [-0.4, -0.2) is 129 Å². The van der Waals surface area contributed by atoms with Crippen molar-refractivity contribution in [3.05, 3.63) is 12.7 Å². The summed E-state index contributed by atoms with van der Waals surface area (Å²) in [4.78, 5) is 87.2. The number of aliphatic hydroxyl groups excluding tert-OH is 2. The maximum absolute atomic E-state index is 12.7. The number of carbonyl (C=O) groups is 3. The third kappa shape index (κ3) is 14.8. The van der Waals surface area contributed by atoms with E-state index in [0.29, 0.717) is 25.1 Å². The number of nitrogens with zero attached hydrogens (tertiary/aromatic N) is 4. The Morgan fingerprint density at radius 1 is 1.04 bits per heavy atom. The molecule has 1 fully saturated rings. The van der Waals surface area contributed by atoms with Crippen LogP contribution in [0.1, 0.15) is 45.8 Å². The maximum atomic E-state index is 12.7. The number of phosphoric acid groups is 3. The number of fused-ring (bicyclic) bond motifs is 1. The molecule has 3 heterocycles. The average Bonchev–Trinajstić information content (AvgIpc) is 3.64. The first-order valence-electron chi connectivity index (χ1n) is 16.3. The van der Waals surface area contributed by atoms with Gasteiger partial charge in [-0.05, 0) is 19.4 Å². The van der Waals surface area contributed by atoms with Crippen LogP contribution in [0.5, 0.6) is 0 Å². The molecule has 312 valence electrons. The number of amides is 2. The molecule has 29 heteroatoms. The predicted molar refractivity (Wildman–Crippen MR) is 190 cm³/mol. The Labute approximate surface area is 317 Å². The highest BCUT2D eigenvalue weighted by Gasteiger charge is 2.50. The number of aliphatic hydroxyl groups is 2. The summed E-state index contributed by atoms with van der Waals surface area (Å²) in [6.07, 6.45) is -5.10. The van der Waals surface area contributed by atoms with Gasteiger partial charge >= 0.3 is 23.5 Å². The second kappa shape index (κ2) is 20.3. The first kappa shape index (κ1) is 46.9. The number of unbranched alkanes of at least 4 members (excludes halogenated alkanes) is 1. The zero-order valence-electron chi connectivity index (χ0n) is 29.5. The molecule has 0 aliphatic carbocycles. The molecule has 0 saturated carbocycles. The Bertz CT molecular complexity index is 1780. The summed E-state index contributed by atoms with van der Waals surface area (Å²) >= 11 is 1.08. The van der Waals surface area contributed by atoms with Crippen LogP contribution in [0.4, 0.5) is 5.82 Å². The van der Waals surface area contributed by atoms with Crippen molar-refractivity contribution >= 4 is 69.1 Å². The third-order valence-electron chi connectivity index (χ3n) is 7.60. The van der Waals surface area contributed by atoms with Crippen LogP contribution >= 0.6 is 35.2 Å². The third-order valence-corrected chi connectivity index (χ3v) is 11.6. The van der Waals surface area contributed by atoms with Crippen molar-refractivity contribution < 1.29 is 80.5 Å². The summed E-state index contributed by atoms with van der Waals surface area (Å²) in [5.74, 6) is -1.10. The standard InChI is InChI=1S/C26H45N8O17P3S/c1-26(2,21(38)24(39)30-8-6-16(35)29-9-10-55-17(36)5-3-4-7-27)12-48-54(45,46)51-53(43,44)47-11-15-20(50-52(40,41)42)19(37)25(49-15)34-14-33-18-22(28)31-13-32-23(18)34/h13-15,19-21,25,37-38H,3-12,27H2,1-2H3,(H,29,35)(H,30,39)(H,43,44)(H,45,46)(H2,28,31,32)(H2,40,41,42)/t15-,19-,20-,21?,25-/m1/s1. The topological polar surface area (TPSA) is 390 Å². The van der Waals surface area contributed by atoms with Gasteiger partial charge in [0.1, 0.15) is 36.3 Å². The Morgan fingerprint density at radius 2 is 1.73 bits per heavy atom. The molecule has 2 amide bonds. The van der Waals surface area contributed by atoms with E-state index in [-0.39, 0.29) is 41.6 Å². The van der Waals surface area contributed by atoms with Gasteiger partial charge in [0.25, 0.3) is 0 Å². The molecule has 0 aromatic carbocycles. The lowest BCUT2D eigenvalue weighted by Crippen LogP contribution is -2.46. The van der Waals surface area contributed by atoms with Gasteiger partial charge in [0, 0.05) is 37.1 Å². The molecular formula is C26H45N8O17P3S. The minimum Gasteiger partial charge on any atom is -0.386 e. The number of nitrogen functional groups attached to an aromatic ring is 1. The molecule has 3 unspecified atom stereocenters. The number of anilines is 1. The maximum Gasteiger partial charge on any atom is 0.481 e. The fourth-order valence-electron chi connectivity index (χ4n) is 4.78. The summed E-state index contributed by atoms with van der Waals surface area (Å²) in [5, 5.41) is 26.3. The van der Waals surface area contributed by atoms with Crippen LogP contribution in [0.15, 0.2) is 12.7 Å². The molecule has 1 aliphatic heterocycles. The predicted octanol–water partition coefficient (Wildman–Crippen LogP) is -1.21. The van der Waals surface area contributed by atoms with Crippen LogP contribution in [0.25, 0.3) is 11.2 Å². The van der Waals surface area contributed by atoms with Crippen LogP contribution < -0.4 is 22.1 Å². The molecule has 2 aromatic heterocycles. The van der Waals surface area contributed by atoms with Gasteiger partial charge in [-0.1, -0.05) is 25.6 Å². The number of aromatic nitrogens is 4. The van der Waals surface area contributed by atoms with E-state index in [1.807, 2.05) is 0 Å². The molecule has 1 saturated heterocycles. The highest BCUT2D eigenvalue weighted by atomic mass is 32.2. The molecule has 1 aliphatic rings. The Hall–Kier alpha value is -2.48. The molecular weight excluding hydrogens is 821 g/mol. The lowest BCUT2D eigenvalue weighted by molar-refractivity contribution is -0.137. The smallest absolute Gasteiger partial charge is 0.386 e. The summed E-state index contributed by atoms with van der Waals surface area (Å²) in [5.41, 5.74) is 9.65. The molecule has 3 rings (SSSR count). The summed E-state index contributed by atoms with van der Waals surface area (Å²) in [6.45, 7) is 0.995. The number of ether oxygens (including phenoxy) is 1. The molecule has 12 N–H and O–H groups in total. The van der Waals surface area contributed by atoms with Crippen molar-refractivity contribution in [2.75, 3.05) is 44.3 Å². The summed E-state index contributed by atoms with van der Waals surface area (Å²) < 4.78 is 62.0. The number of phosphoric ester groups is 3. The highest BCUT2D eigenvalue weighted by Crippen LogP contribution is 2.61. The van der Waals surface area contributed by atoms with E-state index in [9.17, 15) is 57.9 Å². The highest BCUT2D eigenvalue weighted by molar-refractivity contribution is 8.13. The van der Waals surface area contributed by atoms with Crippen molar-refractivity contribution in [3.63, 3.8) is 0 Å². The number of imidazole rings is 1. The molecule has 0 radical (unpaired) electrons. The van der Waals surface area contributed by atoms with Crippen LogP contribution in [0, 0.1) is 5.41 Å². The van der Waals surface area contributed by atoms with E-state index in [1.54, 1.807) is 0 Å². The first-order valence-corrected chi connectivity index (χ1v) is 21.8. The monoisotopic (exact) mass is 866 g/mol. The fourth-order valence-corrected chi connectivity index (χ4v) is 8.33. The summed E-state index contributed by atoms with van der Waals surface area (Å²) in [6, 6.07) is 0. The lowest BCUT2D eigenvalue weighted by Gasteiger charge is -2.30. The van der Waals surface area contributed by atoms with Gasteiger partial charge in [-0.15, -0.1) is 0 Å². The number of nitrogens with two attached hydrogens (primary N) is 2. The van der Waals surface area contributed by atoms with Crippen molar-refractivity contribution in [2.45, 2.75) is 70.2 Å². The minimum absolute atomic E-state index is 0.0142. The van der Waals surface area contributed by atoms with Crippen molar-refractivity contribution in [2.24, 2.45) is 11.1 Å². The second-order valence-electron chi connectivity index (χ2n) is 12.5. The van der Waals surface area contributed by atoms with E-state index < -0.39 is 84.6 Å². The van der Waals surface area contributed by atoms with Gasteiger partial charge in [0.2, 0.25) is 11.8 Å². The molecule has 7 atom stereocenters. The minimum atomic E-state index is -5.57. The number of carbonyl (C=O) groups excluding carboxylic acids is 3. The van der Waals surface area contributed by atoms with E-state index in [2.05, 4.69) is 34.4 Å². The largest absolute Gasteiger partial charge is 0.481 e. The SMILES string of the molecule is CC(C)(COP(=O)(O)OP(=O)(O)OC[C@H]1O[C@@H](n2cnc3c(N)ncnc32)[C@H](O)[C@@H]1OP(=O)(O)O)C(O)C(=O)NCCC(=O)NCCSC(=O)CCCCN. The van der Waals surface area contributed by atoms with E-state index in [1.165, 1.54) is 13.8 Å². The van der Waals surface area contributed by atoms with Crippen molar-refractivity contribution in [1.82, 2.24) is 30.2 Å². The molecule has 55 heavy (non-hydrogen) atoms. The van der Waals surface area contributed by atoms with Crippen LogP contribution in [0.3, 0.4) is 0 Å². The molecule has 25 nitrogen and oxygen atoms in total. The van der Waals surface area contributed by atoms with Gasteiger partial charge in [0.15, 0.2) is 22.8 Å². The van der Waals surface area contributed by atoms with Gasteiger partial charge < -0.3 is 56.6 Å². The average molecular weight is 867 g/mol. The normalized spacial score (nSPS) is 21.8. The number of nitrogens with one attached hydrogen (secondary N) is 2. The van der Waals surface area contributed by atoms with Crippen LogP contribution in [-0.2, 0) is 50.7 Å². The Kier molecular flexibility index (Phi) is 17.3. The van der Waals surface area contributed by atoms with Crippen molar-refractivity contribution in [1.29, 1.82) is 0 Å². The fraction of sp³-hybridized carbons (Fsp3) is 0.692. The molecule has 0 spiro atoms. The van der Waals surface area contributed by atoms with Crippen molar-refractivity contribution in [3.8, 4) is 0 Å². The second-order valence-corrected chi connectivity index (χ2v) is 17.9. The van der Waals surface area contributed by atoms with Gasteiger partial charge in [-0.3, -0.25) is 32.5 Å². The first-order chi connectivity index (χ1) is 25.6. The quantitative estimate of drug-likeness (QED) is 0.0463. The van der Waals surface area contributed by atoms with E-state index >= 15 is 0 Å². The van der Waals surface area contributed by atoms with Gasteiger partial charge in [0.05, 0.1) is 19.5 Å². The van der Waals surface area contributed by atoms with Gasteiger partial charge in [-0.2, -0.15) is 4.31 Å². The van der Waals surface area contributed by atoms with Crippen LogP contribution in [0.2, 0.25) is 0 Å². The Morgan fingerprint density at radius 3 is 2.40 bits per heavy atom. The summed E-state index contributed by atoms with van der Waals surface area (Å²) in [7, 11) is -16.4. The van der Waals surface area contributed by atoms with E-state index in [4.69, 9.17) is 25.3 Å². The van der Waals surface area contributed by atoms with Gasteiger partial charge in [-0.25, -0.2) is 28.6 Å². The number of hydrogen-bond donors (Lipinski definition) is 10. The van der Waals surface area contributed by atoms with E-state index in [0.717, 1.165) is 35.4 Å². The lowest BCUT2D eigenvalue weighted by atomic mass is 9.87. The zero-order valence-corrected chi connectivity index (χ0v) is 33.0. The molecule has 0 bridgehead atoms.